The molecule has 4 heterocycles. The second-order valence-corrected chi connectivity index (χ2v) is 10.7. The Kier molecular flexibility index (Phi) is 4.75. The van der Waals surface area contributed by atoms with E-state index in [1.54, 1.807) is 23.6 Å². The molecule has 0 saturated heterocycles. The summed E-state index contributed by atoms with van der Waals surface area (Å²) in [6.07, 6.45) is 2.92. The molecule has 0 saturated carbocycles. The van der Waals surface area contributed by atoms with Gasteiger partial charge in [-0.2, -0.15) is 5.10 Å². The molecule has 4 aromatic heterocycles. The number of ketones is 1. The van der Waals surface area contributed by atoms with Gasteiger partial charge < -0.3 is 0 Å². The van der Waals surface area contributed by atoms with E-state index in [9.17, 15) is 9.59 Å². The molecule has 4 aromatic rings. The van der Waals surface area contributed by atoms with E-state index in [-0.39, 0.29) is 17.1 Å². The fraction of sp³-hybridized carbons (Fsp3) is 0.318. The van der Waals surface area contributed by atoms with Crippen LogP contribution in [-0.2, 0) is 13.0 Å². The standard InChI is InChI=1S/C22H21N5O2S2/c1-12-7-14(15-10-23-27(19(15)24-12)11-13-5-4-6-30-13)20(29)26-21-25-16-8-22(2,3)9-17(28)18(16)31-21/h4-7,10H,8-9,11H2,1-3H3,(H,25,26,29). The number of thiazole rings is 1. The lowest BCUT2D eigenvalue weighted by Gasteiger charge is -2.26. The van der Waals surface area contributed by atoms with Crippen LogP contribution >= 0.6 is 22.7 Å². The summed E-state index contributed by atoms with van der Waals surface area (Å²) in [5.74, 6) is -0.176. The summed E-state index contributed by atoms with van der Waals surface area (Å²) in [7, 11) is 0. The molecule has 1 aliphatic rings. The Labute approximate surface area is 187 Å². The molecule has 0 aromatic carbocycles. The number of Topliss-reactive ketones (excluding diaryl/α,β-unsaturated/α-hetero) is 1. The molecule has 158 valence electrons. The topological polar surface area (TPSA) is 89.8 Å². The summed E-state index contributed by atoms with van der Waals surface area (Å²) in [6.45, 7) is 6.60. The molecule has 0 radical (unpaired) electrons. The van der Waals surface area contributed by atoms with Gasteiger partial charge in [0.15, 0.2) is 16.6 Å². The number of pyridine rings is 1. The van der Waals surface area contributed by atoms with Gasteiger partial charge in [-0.3, -0.25) is 14.9 Å². The second-order valence-electron chi connectivity index (χ2n) is 8.62. The third-order valence-corrected chi connectivity index (χ3v) is 7.24. The van der Waals surface area contributed by atoms with Crippen LogP contribution in [0, 0.1) is 12.3 Å². The average molecular weight is 452 g/mol. The zero-order chi connectivity index (χ0) is 21.8. The Morgan fingerprint density at radius 2 is 2.13 bits per heavy atom. The first kappa shape index (κ1) is 20.0. The number of nitrogens with one attached hydrogen (secondary N) is 1. The highest BCUT2D eigenvalue weighted by Crippen LogP contribution is 2.38. The summed E-state index contributed by atoms with van der Waals surface area (Å²) >= 11 is 2.91. The largest absolute Gasteiger partial charge is 0.298 e. The van der Waals surface area contributed by atoms with E-state index in [1.165, 1.54) is 16.2 Å². The maximum absolute atomic E-state index is 13.1. The Hall–Kier alpha value is -2.91. The summed E-state index contributed by atoms with van der Waals surface area (Å²) < 4.78 is 1.81. The molecule has 0 fully saturated rings. The molecule has 9 heteroatoms. The molecule has 0 aliphatic heterocycles. The summed E-state index contributed by atoms with van der Waals surface area (Å²) in [6, 6.07) is 5.81. The molecule has 0 bridgehead atoms. The third-order valence-electron chi connectivity index (χ3n) is 5.32. The zero-order valence-electron chi connectivity index (χ0n) is 17.4. The SMILES string of the molecule is Cc1cc(C(=O)Nc2nc3c(s2)C(=O)CC(C)(C)C3)c2cnn(Cc3cccs3)c2n1. The van der Waals surface area contributed by atoms with Crippen molar-refractivity contribution in [2.45, 2.75) is 40.2 Å². The Balaban J connectivity index is 1.46. The van der Waals surface area contributed by atoms with Crippen LogP contribution in [0.1, 0.15) is 56.6 Å². The maximum atomic E-state index is 13.1. The normalized spacial score (nSPS) is 15.3. The molecular formula is C22H21N5O2S2. The van der Waals surface area contributed by atoms with E-state index in [2.05, 4.69) is 40.3 Å². The number of fused-ring (bicyclic) bond motifs is 2. The van der Waals surface area contributed by atoms with E-state index >= 15 is 0 Å². The predicted molar refractivity (Wildman–Crippen MR) is 122 cm³/mol. The van der Waals surface area contributed by atoms with Gasteiger partial charge >= 0.3 is 0 Å². The molecule has 5 rings (SSSR count). The van der Waals surface area contributed by atoms with Gasteiger partial charge in [-0.1, -0.05) is 31.3 Å². The molecule has 1 N–H and O–H groups in total. The van der Waals surface area contributed by atoms with E-state index < -0.39 is 0 Å². The predicted octanol–water partition coefficient (Wildman–Crippen LogP) is 4.71. The molecular weight excluding hydrogens is 430 g/mol. The zero-order valence-corrected chi connectivity index (χ0v) is 19.1. The van der Waals surface area contributed by atoms with Gasteiger partial charge in [-0.15, -0.1) is 11.3 Å². The third kappa shape index (κ3) is 3.79. The van der Waals surface area contributed by atoms with E-state index in [4.69, 9.17) is 0 Å². The van der Waals surface area contributed by atoms with Gasteiger partial charge in [0.05, 0.1) is 34.3 Å². The van der Waals surface area contributed by atoms with Crippen molar-refractivity contribution in [2.75, 3.05) is 5.32 Å². The number of aryl methyl sites for hydroxylation is 1. The van der Waals surface area contributed by atoms with Crippen LogP contribution in [0.15, 0.2) is 29.8 Å². The number of anilines is 1. The van der Waals surface area contributed by atoms with Crippen LogP contribution in [0.2, 0.25) is 0 Å². The highest BCUT2D eigenvalue weighted by atomic mass is 32.1. The number of hydrogen-bond donors (Lipinski definition) is 1. The number of carbonyl (C=O) groups is 2. The quantitative estimate of drug-likeness (QED) is 0.485. The van der Waals surface area contributed by atoms with Crippen LogP contribution in [0.4, 0.5) is 5.13 Å². The first-order valence-corrected chi connectivity index (χ1v) is 11.7. The van der Waals surface area contributed by atoms with Crippen molar-refractivity contribution in [2.24, 2.45) is 5.41 Å². The van der Waals surface area contributed by atoms with Crippen LogP contribution < -0.4 is 5.32 Å². The summed E-state index contributed by atoms with van der Waals surface area (Å²) in [4.78, 5) is 36.6. The lowest BCUT2D eigenvalue weighted by molar-refractivity contribution is 0.0915. The number of amides is 1. The van der Waals surface area contributed by atoms with Crippen LogP contribution in [0.3, 0.4) is 0 Å². The fourth-order valence-corrected chi connectivity index (χ4v) is 5.56. The number of carbonyl (C=O) groups excluding carboxylic acids is 2. The minimum atomic E-state index is -0.274. The molecule has 1 aliphatic carbocycles. The van der Waals surface area contributed by atoms with Crippen LogP contribution in [-0.4, -0.2) is 31.4 Å². The smallest absolute Gasteiger partial charge is 0.258 e. The number of rotatable bonds is 4. The first-order chi connectivity index (χ1) is 14.8. The Morgan fingerprint density at radius 1 is 1.29 bits per heavy atom. The maximum Gasteiger partial charge on any atom is 0.258 e. The minimum absolute atomic E-state index is 0.0984. The van der Waals surface area contributed by atoms with Crippen LogP contribution in [0.25, 0.3) is 11.0 Å². The van der Waals surface area contributed by atoms with Gasteiger partial charge in [0.1, 0.15) is 0 Å². The van der Waals surface area contributed by atoms with Crippen molar-refractivity contribution in [3.63, 3.8) is 0 Å². The van der Waals surface area contributed by atoms with Gasteiger partial charge in [0.2, 0.25) is 0 Å². The molecule has 31 heavy (non-hydrogen) atoms. The highest BCUT2D eigenvalue weighted by Gasteiger charge is 2.34. The van der Waals surface area contributed by atoms with Gasteiger partial charge in [-0.25, -0.2) is 14.6 Å². The van der Waals surface area contributed by atoms with Gasteiger partial charge in [-0.05, 0) is 36.3 Å². The van der Waals surface area contributed by atoms with Crippen molar-refractivity contribution in [3.05, 3.63) is 56.5 Å². The van der Waals surface area contributed by atoms with E-state index in [0.717, 1.165) is 17.8 Å². The number of hydrogen-bond acceptors (Lipinski definition) is 7. The molecule has 0 spiro atoms. The highest BCUT2D eigenvalue weighted by molar-refractivity contribution is 7.17. The fourth-order valence-electron chi connectivity index (χ4n) is 3.96. The average Bonchev–Trinajstić information content (AvgIpc) is 3.41. The molecule has 0 unspecified atom stereocenters. The van der Waals surface area contributed by atoms with Crippen LogP contribution in [0.5, 0.6) is 0 Å². The van der Waals surface area contributed by atoms with Crippen molar-refractivity contribution in [3.8, 4) is 0 Å². The molecule has 1 amide bonds. The number of aromatic nitrogens is 4. The van der Waals surface area contributed by atoms with Crippen molar-refractivity contribution in [1.29, 1.82) is 0 Å². The van der Waals surface area contributed by atoms with Crippen molar-refractivity contribution in [1.82, 2.24) is 19.7 Å². The number of thiophene rings is 1. The summed E-state index contributed by atoms with van der Waals surface area (Å²) in [5, 5.41) is 10.5. The van der Waals surface area contributed by atoms with E-state index in [1.807, 2.05) is 23.1 Å². The van der Waals surface area contributed by atoms with Gasteiger partial charge in [0, 0.05) is 17.0 Å². The summed E-state index contributed by atoms with van der Waals surface area (Å²) in [5.41, 5.74) is 2.58. The number of nitrogens with zero attached hydrogens (tertiary/aromatic N) is 4. The monoisotopic (exact) mass is 451 g/mol. The lowest BCUT2D eigenvalue weighted by atomic mass is 9.78. The molecule has 7 nitrogen and oxygen atoms in total. The van der Waals surface area contributed by atoms with Gasteiger partial charge in [0.25, 0.3) is 5.91 Å². The first-order valence-electron chi connectivity index (χ1n) is 9.99. The molecule has 0 atom stereocenters. The van der Waals surface area contributed by atoms with Crippen molar-refractivity contribution >= 4 is 50.5 Å². The second kappa shape index (κ2) is 7.35. The minimum Gasteiger partial charge on any atom is -0.298 e. The van der Waals surface area contributed by atoms with E-state index in [0.29, 0.717) is 39.6 Å². The van der Waals surface area contributed by atoms with Crippen molar-refractivity contribution < 1.29 is 9.59 Å². The Bertz CT molecular complexity index is 1320. The lowest BCUT2D eigenvalue weighted by Crippen LogP contribution is -2.26. The Morgan fingerprint density at radius 3 is 2.90 bits per heavy atom.